The second kappa shape index (κ2) is 13.8. The van der Waals surface area contributed by atoms with Crippen molar-refractivity contribution in [2.45, 2.75) is 53.9 Å². The molecule has 0 bridgehead atoms. The fourth-order valence-electron chi connectivity index (χ4n) is 5.72. The molecule has 247 valence electrons. The van der Waals surface area contributed by atoms with E-state index in [2.05, 4.69) is 137 Å². The Hall–Kier alpha value is -4.48. The van der Waals surface area contributed by atoms with Gasteiger partial charge < -0.3 is 14.4 Å². The molecule has 0 saturated heterocycles. The van der Waals surface area contributed by atoms with Gasteiger partial charge in [-0.05, 0) is 60.5 Å². The molecule has 0 aliphatic heterocycles. The molecule has 0 atom stereocenters. The Kier molecular flexibility index (Phi) is 9.68. The van der Waals surface area contributed by atoms with Crippen molar-refractivity contribution in [1.29, 1.82) is 0 Å². The molecule has 0 amide bonds. The normalized spacial score (nSPS) is 11.4. The largest absolute Gasteiger partial charge is 0.498 e. The predicted octanol–water partition coefficient (Wildman–Crippen LogP) is 11.8. The van der Waals surface area contributed by atoms with Gasteiger partial charge in [-0.25, -0.2) is 4.98 Å². The average molecular weight is 836 g/mol. The first-order valence-corrected chi connectivity index (χ1v) is 17.0. The SMILES string of the molecule is Cc1c[c-]c(-c2cc(-c3ccccc3)c(C)cn2)cc1.Cc1cnc(-c2[c-]ccc3c2oc2c3ccc3sc(C(C)(C)C)nc32)cc1C.[Ir]. The van der Waals surface area contributed by atoms with Crippen LogP contribution in [0.4, 0.5) is 0 Å². The molecular weight excluding hydrogens is 799 g/mol. The summed E-state index contributed by atoms with van der Waals surface area (Å²) in [7, 11) is 0. The number of hydrogen-bond donors (Lipinski definition) is 0. The number of aromatic nitrogens is 3. The van der Waals surface area contributed by atoms with Crippen LogP contribution in [0, 0.1) is 39.8 Å². The van der Waals surface area contributed by atoms with Gasteiger partial charge in [-0.15, -0.1) is 64.9 Å². The Morgan fingerprint density at radius 3 is 2.16 bits per heavy atom. The second-order valence-corrected chi connectivity index (χ2v) is 14.5. The molecule has 4 heterocycles. The molecule has 4 aromatic heterocycles. The van der Waals surface area contributed by atoms with Crippen LogP contribution in [0.1, 0.15) is 48.0 Å². The zero-order valence-corrected chi connectivity index (χ0v) is 31.9. The van der Waals surface area contributed by atoms with Gasteiger partial charge in [0.1, 0.15) is 11.1 Å². The Labute approximate surface area is 305 Å². The predicted molar refractivity (Wildman–Crippen MR) is 201 cm³/mol. The molecule has 6 heteroatoms. The summed E-state index contributed by atoms with van der Waals surface area (Å²) in [4.78, 5) is 14.1. The van der Waals surface area contributed by atoms with Gasteiger partial charge in [0.2, 0.25) is 0 Å². The van der Waals surface area contributed by atoms with Crippen LogP contribution in [-0.2, 0) is 25.5 Å². The molecule has 0 fully saturated rings. The van der Waals surface area contributed by atoms with Crippen LogP contribution < -0.4 is 0 Å². The smallest absolute Gasteiger partial charge is 0.148 e. The molecule has 0 aliphatic carbocycles. The molecule has 8 aromatic rings. The maximum Gasteiger partial charge on any atom is 0.148 e. The number of thiazole rings is 1. The summed E-state index contributed by atoms with van der Waals surface area (Å²) in [5.74, 6) is 0. The van der Waals surface area contributed by atoms with Crippen molar-refractivity contribution in [3.63, 3.8) is 0 Å². The van der Waals surface area contributed by atoms with Crippen LogP contribution in [0.15, 0.2) is 102 Å². The van der Waals surface area contributed by atoms with Gasteiger partial charge in [0.25, 0.3) is 0 Å². The molecule has 0 aliphatic rings. The first kappa shape index (κ1) is 34.4. The van der Waals surface area contributed by atoms with Crippen LogP contribution in [0.5, 0.6) is 0 Å². The maximum atomic E-state index is 6.42. The van der Waals surface area contributed by atoms with Crippen LogP contribution in [0.3, 0.4) is 0 Å². The molecule has 0 saturated carbocycles. The summed E-state index contributed by atoms with van der Waals surface area (Å²) in [5, 5.41) is 3.29. The van der Waals surface area contributed by atoms with E-state index >= 15 is 0 Å². The number of pyridine rings is 2. The minimum Gasteiger partial charge on any atom is -0.498 e. The van der Waals surface area contributed by atoms with E-state index in [0.717, 1.165) is 59.7 Å². The number of benzene rings is 4. The van der Waals surface area contributed by atoms with Gasteiger partial charge in [-0.2, -0.15) is 0 Å². The van der Waals surface area contributed by atoms with Crippen molar-refractivity contribution in [3.05, 3.63) is 137 Å². The summed E-state index contributed by atoms with van der Waals surface area (Å²) < 4.78 is 7.58. The van der Waals surface area contributed by atoms with E-state index in [0.29, 0.717) is 0 Å². The van der Waals surface area contributed by atoms with Gasteiger partial charge in [0, 0.05) is 43.3 Å². The van der Waals surface area contributed by atoms with Gasteiger partial charge in [0.05, 0.1) is 15.3 Å². The van der Waals surface area contributed by atoms with Crippen molar-refractivity contribution in [3.8, 4) is 33.6 Å². The zero-order chi connectivity index (χ0) is 33.6. The molecule has 0 unspecified atom stereocenters. The number of hydrogen-bond acceptors (Lipinski definition) is 5. The van der Waals surface area contributed by atoms with E-state index in [1.54, 1.807) is 11.3 Å². The Bertz CT molecular complexity index is 2420. The molecule has 0 spiro atoms. The van der Waals surface area contributed by atoms with E-state index in [1.807, 2.05) is 30.6 Å². The first-order valence-electron chi connectivity index (χ1n) is 16.2. The van der Waals surface area contributed by atoms with Crippen molar-refractivity contribution >= 4 is 43.5 Å². The topological polar surface area (TPSA) is 51.8 Å². The number of aryl methyl sites for hydroxylation is 4. The summed E-state index contributed by atoms with van der Waals surface area (Å²) >= 11 is 1.74. The molecule has 4 aromatic carbocycles. The standard InChI is InChI=1S/C24H21N2OS.C19H16N.Ir/c1-13-11-18(25-12-14(13)2)17-8-6-7-15-16-9-10-19-20(22(16)27-21(15)17)26-23(28-19)24(3,4)5;1-14-8-10-17(11-9-14)19-12-18(15(2)13-20-19)16-6-4-3-5-7-16;/h6-7,9-12H,1-5H3;3-10,12-13H,1-2H3;/q2*-1;. The Balaban J connectivity index is 0.000000176. The molecule has 4 nitrogen and oxygen atoms in total. The number of nitrogens with zero attached hydrogens (tertiary/aromatic N) is 3. The van der Waals surface area contributed by atoms with Gasteiger partial charge in [0.15, 0.2) is 0 Å². The minimum atomic E-state index is 0. The molecular formula is C43H37IrN3OS-2. The molecule has 0 N–H and O–H groups in total. The monoisotopic (exact) mass is 836 g/mol. The summed E-state index contributed by atoms with van der Waals surface area (Å²) in [5.41, 5.74) is 13.7. The van der Waals surface area contributed by atoms with Crippen molar-refractivity contribution < 1.29 is 24.5 Å². The average Bonchev–Trinajstić information content (AvgIpc) is 3.70. The fraction of sp³-hybridized carbons (Fsp3) is 0.186. The fourth-order valence-corrected chi connectivity index (χ4v) is 6.75. The number of fused-ring (bicyclic) bond motifs is 5. The quantitative estimate of drug-likeness (QED) is 0.166. The first-order chi connectivity index (χ1) is 23.1. The van der Waals surface area contributed by atoms with Gasteiger partial charge in [-0.1, -0.05) is 92.7 Å². The van der Waals surface area contributed by atoms with Crippen LogP contribution >= 0.6 is 11.3 Å². The summed E-state index contributed by atoms with van der Waals surface area (Å²) in [6.45, 7) is 14.9. The molecule has 49 heavy (non-hydrogen) atoms. The van der Waals surface area contributed by atoms with Gasteiger partial charge in [-0.3, -0.25) is 0 Å². The summed E-state index contributed by atoms with van der Waals surface area (Å²) in [6, 6.07) is 35.8. The minimum absolute atomic E-state index is 0. The zero-order valence-electron chi connectivity index (χ0n) is 28.7. The van der Waals surface area contributed by atoms with E-state index in [9.17, 15) is 0 Å². The molecule has 1 radical (unpaired) electrons. The van der Waals surface area contributed by atoms with Crippen molar-refractivity contribution in [2.24, 2.45) is 0 Å². The van der Waals surface area contributed by atoms with Crippen molar-refractivity contribution in [2.75, 3.05) is 0 Å². The van der Waals surface area contributed by atoms with Crippen LogP contribution in [-0.4, -0.2) is 15.0 Å². The van der Waals surface area contributed by atoms with Crippen LogP contribution in [0.2, 0.25) is 0 Å². The second-order valence-electron chi connectivity index (χ2n) is 13.4. The Morgan fingerprint density at radius 2 is 1.45 bits per heavy atom. The third kappa shape index (κ3) is 6.87. The molecule has 8 rings (SSSR count). The Morgan fingerprint density at radius 1 is 0.714 bits per heavy atom. The van der Waals surface area contributed by atoms with E-state index in [-0.39, 0.29) is 25.5 Å². The van der Waals surface area contributed by atoms with Gasteiger partial charge >= 0.3 is 0 Å². The van der Waals surface area contributed by atoms with Crippen molar-refractivity contribution in [1.82, 2.24) is 15.0 Å². The number of furan rings is 1. The van der Waals surface area contributed by atoms with E-state index in [1.165, 1.54) is 33.4 Å². The van der Waals surface area contributed by atoms with E-state index < -0.39 is 0 Å². The van der Waals surface area contributed by atoms with Crippen LogP contribution in [0.25, 0.3) is 65.8 Å². The van der Waals surface area contributed by atoms with E-state index in [4.69, 9.17) is 9.40 Å². The number of rotatable bonds is 3. The summed E-state index contributed by atoms with van der Waals surface area (Å²) in [6.07, 6.45) is 3.85. The third-order valence-electron chi connectivity index (χ3n) is 8.66. The third-order valence-corrected chi connectivity index (χ3v) is 10.1. The maximum absolute atomic E-state index is 6.42.